The minimum atomic E-state index is 0.783. The molecule has 0 aliphatic rings. The van der Waals surface area contributed by atoms with Crippen molar-refractivity contribution >= 4 is 0 Å². The maximum absolute atomic E-state index is 4.35. The Morgan fingerprint density at radius 2 is 2.07 bits per heavy atom. The standard InChI is InChI=1S/C10H12N4/c1-7-9(6-12-14(7)3)10-4-5-11-8(2)13-10/h4-6H,1-3H3. The second kappa shape index (κ2) is 3.21. The summed E-state index contributed by atoms with van der Waals surface area (Å²) in [6, 6.07) is 1.90. The van der Waals surface area contributed by atoms with E-state index < -0.39 is 0 Å². The van der Waals surface area contributed by atoms with Crippen molar-refractivity contribution in [3.8, 4) is 11.3 Å². The Morgan fingerprint density at radius 3 is 2.64 bits per heavy atom. The van der Waals surface area contributed by atoms with Gasteiger partial charge in [0.05, 0.1) is 11.9 Å². The maximum Gasteiger partial charge on any atom is 0.125 e. The topological polar surface area (TPSA) is 43.6 Å². The van der Waals surface area contributed by atoms with Crippen LogP contribution in [0.3, 0.4) is 0 Å². The molecule has 0 atom stereocenters. The van der Waals surface area contributed by atoms with Gasteiger partial charge in [-0.2, -0.15) is 5.10 Å². The fourth-order valence-corrected chi connectivity index (χ4v) is 1.36. The molecule has 4 nitrogen and oxygen atoms in total. The lowest BCUT2D eigenvalue weighted by Gasteiger charge is -2.00. The van der Waals surface area contributed by atoms with E-state index in [-0.39, 0.29) is 0 Å². The molecule has 0 bridgehead atoms. The zero-order chi connectivity index (χ0) is 10.1. The lowest BCUT2D eigenvalue weighted by molar-refractivity contribution is 0.740. The summed E-state index contributed by atoms with van der Waals surface area (Å²) in [6.45, 7) is 3.91. The molecule has 0 fully saturated rings. The summed E-state index contributed by atoms with van der Waals surface area (Å²) in [5.74, 6) is 0.783. The molecule has 2 aromatic heterocycles. The molecule has 4 heteroatoms. The number of nitrogens with zero attached hydrogens (tertiary/aromatic N) is 4. The highest BCUT2D eigenvalue weighted by Gasteiger charge is 2.07. The molecule has 0 N–H and O–H groups in total. The van der Waals surface area contributed by atoms with E-state index in [0.29, 0.717) is 0 Å². The molecule has 2 rings (SSSR count). The van der Waals surface area contributed by atoms with E-state index >= 15 is 0 Å². The van der Waals surface area contributed by atoms with Gasteiger partial charge in [-0.05, 0) is 19.9 Å². The lowest BCUT2D eigenvalue weighted by atomic mass is 10.2. The van der Waals surface area contributed by atoms with Crippen molar-refractivity contribution in [2.24, 2.45) is 7.05 Å². The minimum absolute atomic E-state index is 0.783. The van der Waals surface area contributed by atoms with Crippen LogP contribution in [0.2, 0.25) is 0 Å². The van der Waals surface area contributed by atoms with Crippen molar-refractivity contribution in [2.45, 2.75) is 13.8 Å². The van der Waals surface area contributed by atoms with E-state index in [1.807, 2.05) is 37.8 Å². The van der Waals surface area contributed by atoms with E-state index in [4.69, 9.17) is 0 Å². The fraction of sp³-hybridized carbons (Fsp3) is 0.300. The zero-order valence-electron chi connectivity index (χ0n) is 8.52. The second-order valence-corrected chi connectivity index (χ2v) is 3.26. The molecular weight excluding hydrogens is 176 g/mol. The molecule has 2 heterocycles. The Kier molecular flexibility index (Phi) is 2.04. The van der Waals surface area contributed by atoms with Crippen molar-refractivity contribution in [2.75, 3.05) is 0 Å². The third kappa shape index (κ3) is 1.39. The van der Waals surface area contributed by atoms with Crippen LogP contribution in [0.1, 0.15) is 11.5 Å². The average molecular weight is 188 g/mol. The van der Waals surface area contributed by atoms with Crippen LogP contribution in [0, 0.1) is 13.8 Å². The number of rotatable bonds is 1. The van der Waals surface area contributed by atoms with E-state index in [1.165, 1.54) is 0 Å². The van der Waals surface area contributed by atoms with Gasteiger partial charge in [-0.3, -0.25) is 4.68 Å². The summed E-state index contributed by atoms with van der Waals surface area (Å²) >= 11 is 0. The number of aryl methyl sites for hydroxylation is 2. The largest absolute Gasteiger partial charge is 0.272 e. The smallest absolute Gasteiger partial charge is 0.125 e. The summed E-state index contributed by atoms with van der Waals surface area (Å²) in [5.41, 5.74) is 3.12. The van der Waals surface area contributed by atoms with Crippen LogP contribution < -0.4 is 0 Å². The zero-order valence-corrected chi connectivity index (χ0v) is 8.52. The molecule has 0 aliphatic carbocycles. The highest BCUT2D eigenvalue weighted by atomic mass is 15.3. The highest BCUT2D eigenvalue weighted by molar-refractivity contribution is 5.60. The van der Waals surface area contributed by atoms with Gasteiger partial charge in [-0.1, -0.05) is 0 Å². The number of hydrogen-bond acceptors (Lipinski definition) is 3. The van der Waals surface area contributed by atoms with E-state index in [2.05, 4.69) is 15.1 Å². The molecule has 0 unspecified atom stereocenters. The lowest BCUT2D eigenvalue weighted by Crippen LogP contribution is -1.94. The summed E-state index contributed by atoms with van der Waals surface area (Å²) in [6.07, 6.45) is 3.60. The van der Waals surface area contributed by atoms with Gasteiger partial charge < -0.3 is 0 Å². The van der Waals surface area contributed by atoms with Crippen LogP contribution >= 0.6 is 0 Å². The first-order chi connectivity index (χ1) is 6.68. The Labute approximate surface area is 82.6 Å². The highest BCUT2D eigenvalue weighted by Crippen LogP contribution is 2.19. The quantitative estimate of drug-likeness (QED) is 0.681. The van der Waals surface area contributed by atoms with Crippen LogP contribution in [0.5, 0.6) is 0 Å². The Balaban J connectivity index is 2.55. The summed E-state index contributed by atoms with van der Waals surface area (Å²) in [4.78, 5) is 8.42. The number of aromatic nitrogens is 4. The predicted octanol–water partition coefficient (Wildman–Crippen LogP) is 1.49. The van der Waals surface area contributed by atoms with Crippen molar-refractivity contribution in [3.63, 3.8) is 0 Å². The Hall–Kier alpha value is -1.71. The van der Waals surface area contributed by atoms with Gasteiger partial charge in [-0.25, -0.2) is 9.97 Å². The fourth-order valence-electron chi connectivity index (χ4n) is 1.36. The van der Waals surface area contributed by atoms with Crippen LogP contribution in [0.15, 0.2) is 18.5 Å². The van der Waals surface area contributed by atoms with Crippen molar-refractivity contribution in [1.82, 2.24) is 19.7 Å². The molecule has 0 aliphatic heterocycles. The van der Waals surface area contributed by atoms with Crippen molar-refractivity contribution in [1.29, 1.82) is 0 Å². The average Bonchev–Trinajstić information content (AvgIpc) is 2.48. The third-order valence-corrected chi connectivity index (χ3v) is 2.29. The van der Waals surface area contributed by atoms with E-state index in [0.717, 1.165) is 22.8 Å². The monoisotopic (exact) mass is 188 g/mol. The summed E-state index contributed by atoms with van der Waals surface area (Å²) in [5, 5.41) is 4.18. The maximum atomic E-state index is 4.35. The van der Waals surface area contributed by atoms with Crippen molar-refractivity contribution in [3.05, 3.63) is 30.0 Å². The molecule has 0 saturated carbocycles. The normalized spacial score (nSPS) is 10.5. The van der Waals surface area contributed by atoms with Crippen molar-refractivity contribution < 1.29 is 0 Å². The van der Waals surface area contributed by atoms with Gasteiger partial charge in [0, 0.05) is 24.5 Å². The summed E-state index contributed by atoms with van der Waals surface area (Å²) < 4.78 is 1.84. The van der Waals surface area contributed by atoms with Gasteiger partial charge in [0.15, 0.2) is 0 Å². The predicted molar refractivity (Wildman–Crippen MR) is 53.7 cm³/mol. The Morgan fingerprint density at radius 1 is 1.29 bits per heavy atom. The SMILES string of the molecule is Cc1nccc(-c2cnn(C)c2C)n1. The second-order valence-electron chi connectivity index (χ2n) is 3.26. The molecule has 2 aromatic rings. The van der Waals surface area contributed by atoms with Gasteiger partial charge in [-0.15, -0.1) is 0 Å². The first-order valence-corrected chi connectivity index (χ1v) is 4.47. The van der Waals surface area contributed by atoms with Gasteiger partial charge in [0.1, 0.15) is 5.82 Å². The Bertz CT molecular complexity index is 459. The summed E-state index contributed by atoms with van der Waals surface area (Å²) in [7, 11) is 1.92. The van der Waals surface area contributed by atoms with Crippen LogP contribution in [0.4, 0.5) is 0 Å². The first-order valence-electron chi connectivity index (χ1n) is 4.47. The molecule has 0 amide bonds. The molecule has 72 valence electrons. The molecule has 0 radical (unpaired) electrons. The molecule has 0 aromatic carbocycles. The molecule has 0 spiro atoms. The van der Waals surface area contributed by atoms with E-state index in [9.17, 15) is 0 Å². The molecule has 0 saturated heterocycles. The third-order valence-electron chi connectivity index (χ3n) is 2.29. The van der Waals surface area contributed by atoms with Crippen LogP contribution in [0.25, 0.3) is 11.3 Å². The van der Waals surface area contributed by atoms with Gasteiger partial charge >= 0.3 is 0 Å². The van der Waals surface area contributed by atoms with Crippen LogP contribution in [-0.4, -0.2) is 19.7 Å². The molecule has 14 heavy (non-hydrogen) atoms. The number of hydrogen-bond donors (Lipinski definition) is 0. The van der Waals surface area contributed by atoms with Gasteiger partial charge in [0.2, 0.25) is 0 Å². The van der Waals surface area contributed by atoms with Crippen LogP contribution in [-0.2, 0) is 7.05 Å². The minimum Gasteiger partial charge on any atom is -0.272 e. The van der Waals surface area contributed by atoms with Gasteiger partial charge in [0.25, 0.3) is 0 Å². The van der Waals surface area contributed by atoms with E-state index in [1.54, 1.807) is 6.20 Å². The molecular formula is C10H12N4. The first kappa shape index (κ1) is 8.87.